The first kappa shape index (κ1) is 20.2. The van der Waals surface area contributed by atoms with Crippen LogP contribution in [0.2, 0.25) is 0 Å². The van der Waals surface area contributed by atoms with E-state index in [0.29, 0.717) is 17.8 Å². The molecule has 1 saturated heterocycles. The number of hydrogen-bond donors (Lipinski definition) is 0. The number of piperazine rings is 1. The lowest BCUT2D eigenvalue weighted by molar-refractivity contribution is -0.141. The molecule has 4 heteroatoms. The van der Waals surface area contributed by atoms with Crippen LogP contribution in [0.5, 0.6) is 0 Å². The van der Waals surface area contributed by atoms with Crippen LogP contribution in [-0.2, 0) is 9.53 Å². The number of carbonyl (C=O) groups excluding carboxylic acids is 1. The van der Waals surface area contributed by atoms with Crippen LogP contribution in [0, 0.1) is 24.7 Å². The van der Waals surface area contributed by atoms with E-state index in [1.807, 2.05) is 4.90 Å². The zero-order valence-electron chi connectivity index (χ0n) is 17.5. The van der Waals surface area contributed by atoms with Gasteiger partial charge in [0.05, 0.1) is 6.10 Å². The molecule has 27 heavy (non-hydrogen) atoms. The molecule has 1 heterocycles. The van der Waals surface area contributed by atoms with Gasteiger partial charge in [-0.05, 0) is 55.2 Å². The van der Waals surface area contributed by atoms with Gasteiger partial charge in [-0.1, -0.05) is 39.3 Å². The molecular weight excluding hydrogens is 336 g/mol. The first-order valence-corrected chi connectivity index (χ1v) is 10.6. The van der Waals surface area contributed by atoms with Crippen molar-refractivity contribution in [2.45, 2.75) is 53.1 Å². The van der Waals surface area contributed by atoms with Gasteiger partial charge < -0.3 is 14.5 Å². The highest BCUT2D eigenvalue weighted by Gasteiger charge is 2.32. The van der Waals surface area contributed by atoms with E-state index in [2.05, 4.69) is 56.9 Å². The number of nitrogens with zero attached hydrogens (tertiary/aromatic N) is 2. The fourth-order valence-electron chi connectivity index (χ4n) is 4.61. The molecule has 1 aromatic rings. The number of amides is 1. The van der Waals surface area contributed by atoms with Crippen LogP contribution >= 0.6 is 0 Å². The molecule has 0 N–H and O–H groups in total. The van der Waals surface area contributed by atoms with Crippen molar-refractivity contribution in [3.8, 4) is 0 Å². The van der Waals surface area contributed by atoms with Gasteiger partial charge >= 0.3 is 0 Å². The molecule has 1 aromatic carbocycles. The summed E-state index contributed by atoms with van der Waals surface area (Å²) in [6.07, 6.45) is 3.85. The van der Waals surface area contributed by atoms with E-state index in [-0.39, 0.29) is 18.6 Å². The molecule has 0 radical (unpaired) electrons. The van der Waals surface area contributed by atoms with E-state index < -0.39 is 0 Å². The van der Waals surface area contributed by atoms with Crippen LogP contribution in [0.25, 0.3) is 0 Å². The minimum absolute atomic E-state index is 0.152. The van der Waals surface area contributed by atoms with Crippen LogP contribution in [0.4, 0.5) is 5.69 Å². The zero-order chi connectivity index (χ0) is 19.4. The Hall–Kier alpha value is -1.55. The van der Waals surface area contributed by atoms with Crippen LogP contribution in [0.3, 0.4) is 0 Å². The second kappa shape index (κ2) is 9.09. The van der Waals surface area contributed by atoms with Gasteiger partial charge in [0.25, 0.3) is 0 Å². The highest BCUT2D eigenvalue weighted by Crippen LogP contribution is 2.35. The molecule has 3 rings (SSSR count). The third kappa shape index (κ3) is 5.25. The Balaban J connectivity index is 1.48. The van der Waals surface area contributed by atoms with Crippen molar-refractivity contribution in [1.82, 2.24) is 4.90 Å². The average Bonchev–Trinajstić information content (AvgIpc) is 2.66. The topological polar surface area (TPSA) is 32.8 Å². The Bertz CT molecular complexity index is 623. The lowest BCUT2D eigenvalue weighted by Gasteiger charge is -2.38. The Labute approximate surface area is 164 Å². The summed E-state index contributed by atoms with van der Waals surface area (Å²) in [5, 5.41) is 0. The van der Waals surface area contributed by atoms with Gasteiger partial charge in [-0.25, -0.2) is 0 Å². The summed E-state index contributed by atoms with van der Waals surface area (Å²) < 4.78 is 6.16. The Morgan fingerprint density at radius 3 is 2.59 bits per heavy atom. The van der Waals surface area contributed by atoms with Gasteiger partial charge in [-0.3, -0.25) is 4.79 Å². The SMILES string of the molecule is Cc1cccc(N2CCN(C(=O)COC3CC(C)CCC3C(C)C)CC2)c1. The van der Waals surface area contributed by atoms with E-state index in [9.17, 15) is 4.79 Å². The maximum absolute atomic E-state index is 12.7. The lowest BCUT2D eigenvalue weighted by atomic mass is 9.75. The molecule has 1 saturated carbocycles. The van der Waals surface area contributed by atoms with Gasteiger partial charge in [0.1, 0.15) is 6.61 Å². The number of carbonyl (C=O) groups is 1. The molecular formula is C23H36N2O2. The summed E-state index contributed by atoms with van der Waals surface area (Å²) in [6, 6.07) is 8.60. The summed E-state index contributed by atoms with van der Waals surface area (Å²) in [6.45, 7) is 12.6. The highest BCUT2D eigenvalue weighted by atomic mass is 16.5. The standard InChI is InChI=1S/C23H36N2O2/c1-17(2)21-9-8-19(4)15-22(21)27-16-23(26)25-12-10-24(11-13-25)20-7-5-6-18(3)14-20/h5-7,14,17,19,21-22H,8-13,15-16H2,1-4H3. The fourth-order valence-corrected chi connectivity index (χ4v) is 4.61. The summed E-state index contributed by atoms with van der Waals surface area (Å²) in [5.74, 6) is 2.07. The molecule has 0 bridgehead atoms. The van der Waals surface area contributed by atoms with E-state index in [0.717, 1.165) is 32.6 Å². The summed E-state index contributed by atoms with van der Waals surface area (Å²) in [5.41, 5.74) is 2.54. The van der Waals surface area contributed by atoms with Gasteiger partial charge in [0, 0.05) is 31.9 Å². The summed E-state index contributed by atoms with van der Waals surface area (Å²) >= 11 is 0. The number of anilines is 1. The molecule has 1 aliphatic heterocycles. The first-order chi connectivity index (χ1) is 12.9. The van der Waals surface area contributed by atoms with Crippen molar-refractivity contribution in [2.75, 3.05) is 37.7 Å². The van der Waals surface area contributed by atoms with Crippen molar-refractivity contribution < 1.29 is 9.53 Å². The normalized spacial score (nSPS) is 26.5. The summed E-state index contributed by atoms with van der Waals surface area (Å²) in [7, 11) is 0. The largest absolute Gasteiger partial charge is 0.368 e. The van der Waals surface area contributed by atoms with Crippen LogP contribution < -0.4 is 4.90 Å². The van der Waals surface area contributed by atoms with Crippen molar-refractivity contribution in [3.05, 3.63) is 29.8 Å². The van der Waals surface area contributed by atoms with Gasteiger partial charge in [-0.2, -0.15) is 0 Å². The Kier molecular flexibility index (Phi) is 6.80. The van der Waals surface area contributed by atoms with Gasteiger partial charge in [0.15, 0.2) is 0 Å². The number of benzene rings is 1. The molecule has 2 aliphatic rings. The third-order valence-corrected chi connectivity index (χ3v) is 6.38. The minimum Gasteiger partial charge on any atom is -0.368 e. The van der Waals surface area contributed by atoms with Crippen molar-refractivity contribution in [3.63, 3.8) is 0 Å². The third-order valence-electron chi connectivity index (χ3n) is 6.38. The molecule has 4 nitrogen and oxygen atoms in total. The molecule has 0 aromatic heterocycles. The number of hydrogen-bond acceptors (Lipinski definition) is 3. The Morgan fingerprint density at radius 2 is 1.93 bits per heavy atom. The van der Waals surface area contributed by atoms with Crippen LogP contribution in [-0.4, -0.2) is 49.7 Å². The van der Waals surface area contributed by atoms with Crippen molar-refractivity contribution in [2.24, 2.45) is 17.8 Å². The number of aryl methyl sites for hydroxylation is 1. The van der Waals surface area contributed by atoms with Crippen molar-refractivity contribution >= 4 is 11.6 Å². The predicted octanol–water partition coefficient (Wildman–Crippen LogP) is 4.12. The van der Waals surface area contributed by atoms with E-state index in [1.165, 1.54) is 24.1 Å². The molecule has 2 fully saturated rings. The average molecular weight is 373 g/mol. The maximum Gasteiger partial charge on any atom is 0.248 e. The highest BCUT2D eigenvalue weighted by molar-refractivity contribution is 5.77. The monoisotopic (exact) mass is 372 g/mol. The number of ether oxygens (including phenoxy) is 1. The lowest BCUT2D eigenvalue weighted by Crippen LogP contribution is -2.50. The van der Waals surface area contributed by atoms with Crippen LogP contribution in [0.1, 0.15) is 45.6 Å². The van der Waals surface area contributed by atoms with E-state index in [1.54, 1.807) is 0 Å². The van der Waals surface area contributed by atoms with E-state index >= 15 is 0 Å². The molecule has 3 unspecified atom stereocenters. The molecule has 0 spiro atoms. The van der Waals surface area contributed by atoms with E-state index in [4.69, 9.17) is 4.74 Å². The quantitative estimate of drug-likeness (QED) is 0.779. The first-order valence-electron chi connectivity index (χ1n) is 10.6. The summed E-state index contributed by atoms with van der Waals surface area (Å²) in [4.78, 5) is 17.0. The number of rotatable bonds is 5. The van der Waals surface area contributed by atoms with Gasteiger partial charge in [0.2, 0.25) is 5.91 Å². The zero-order valence-corrected chi connectivity index (χ0v) is 17.5. The smallest absolute Gasteiger partial charge is 0.248 e. The second-order valence-electron chi connectivity index (χ2n) is 8.88. The van der Waals surface area contributed by atoms with Crippen molar-refractivity contribution in [1.29, 1.82) is 0 Å². The van der Waals surface area contributed by atoms with Crippen LogP contribution in [0.15, 0.2) is 24.3 Å². The second-order valence-corrected chi connectivity index (χ2v) is 8.88. The Morgan fingerprint density at radius 1 is 1.19 bits per heavy atom. The molecule has 3 atom stereocenters. The predicted molar refractivity (Wildman–Crippen MR) is 111 cm³/mol. The molecule has 150 valence electrons. The minimum atomic E-state index is 0.152. The maximum atomic E-state index is 12.7. The van der Waals surface area contributed by atoms with Gasteiger partial charge in [-0.15, -0.1) is 0 Å². The fraction of sp³-hybridized carbons (Fsp3) is 0.696. The molecule has 1 aliphatic carbocycles. The molecule has 1 amide bonds.